The van der Waals surface area contributed by atoms with Crippen molar-refractivity contribution >= 4 is 45.7 Å². The van der Waals surface area contributed by atoms with Gasteiger partial charge in [-0.2, -0.15) is 0 Å². The van der Waals surface area contributed by atoms with Crippen LogP contribution in [0.5, 0.6) is 0 Å². The minimum Gasteiger partial charge on any atom is -0.295 e. The maximum absolute atomic E-state index is 12.0. The highest BCUT2D eigenvalue weighted by atomic mass is 35.5. The van der Waals surface area contributed by atoms with Crippen molar-refractivity contribution in [3.05, 3.63) is 64.9 Å². The second kappa shape index (κ2) is 7.54. The summed E-state index contributed by atoms with van der Waals surface area (Å²) in [7, 11) is 0. The first kappa shape index (κ1) is 15.9. The van der Waals surface area contributed by atoms with Crippen molar-refractivity contribution in [2.24, 2.45) is 0 Å². The molecule has 0 saturated carbocycles. The Balaban J connectivity index is 1.57. The third kappa shape index (κ3) is 4.51. The summed E-state index contributed by atoms with van der Waals surface area (Å²) in [6, 6.07) is 12.8. The Morgan fingerprint density at radius 3 is 2.74 bits per heavy atom. The van der Waals surface area contributed by atoms with Gasteiger partial charge in [-0.1, -0.05) is 52.9 Å². The van der Waals surface area contributed by atoms with Crippen LogP contribution in [-0.4, -0.2) is 21.1 Å². The average molecular weight is 363 g/mol. The van der Waals surface area contributed by atoms with Crippen LogP contribution in [0.15, 0.2) is 53.0 Å². The number of hydrogen-bond donors (Lipinski definition) is 1. The fourth-order valence-electron chi connectivity index (χ4n) is 1.70. The van der Waals surface area contributed by atoms with Gasteiger partial charge in [-0.3, -0.25) is 15.1 Å². The Labute approximate surface area is 146 Å². The smallest absolute Gasteiger partial charge is 0.276 e. The number of carbonyl (C=O) groups excluding carboxylic acids is 1. The molecule has 0 atom stereocenters. The summed E-state index contributed by atoms with van der Waals surface area (Å²) in [5, 5.41) is 11.9. The molecule has 5 nitrogen and oxygen atoms in total. The van der Waals surface area contributed by atoms with Crippen molar-refractivity contribution < 1.29 is 4.79 Å². The van der Waals surface area contributed by atoms with Gasteiger partial charge in [0.2, 0.25) is 5.13 Å². The highest BCUT2D eigenvalue weighted by Gasteiger charge is 2.11. The number of thioether (sulfide) groups is 1. The summed E-state index contributed by atoms with van der Waals surface area (Å²) in [6.45, 7) is 0. The zero-order valence-electron chi connectivity index (χ0n) is 11.8. The molecular weight excluding hydrogens is 352 g/mol. The molecule has 2 heterocycles. The molecule has 0 aliphatic heterocycles. The van der Waals surface area contributed by atoms with Crippen LogP contribution >= 0.6 is 34.7 Å². The fourth-order valence-corrected chi connectivity index (χ4v) is 3.53. The highest BCUT2D eigenvalue weighted by Crippen LogP contribution is 2.28. The van der Waals surface area contributed by atoms with Crippen molar-refractivity contribution in [3.8, 4) is 0 Å². The van der Waals surface area contributed by atoms with E-state index in [1.165, 1.54) is 11.3 Å². The molecule has 1 aromatic carbocycles. The van der Waals surface area contributed by atoms with Gasteiger partial charge < -0.3 is 0 Å². The van der Waals surface area contributed by atoms with Crippen LogP contribution < -0.4 is 5.32 Å². The van der Waals surface area contributed by atoms with E-state index in [-0.39, 0.29) is 5.91 Å². The average Bonchev–Trinajstić information content (AvgIpc) is 3.02. The number of aromatic nitrogens is 3. The molecule has 2 aromatic heterocycles. The Kier molecular flexibility index (Phi) is 5.22. The van der Waals surface area contributed by atoms with Crippen molar-refractivity contribution in [3.63, 3.8) is 0 Å². The molecule has 0 aliphatic carbocycles. The van der Waals surface area contributed by atoms with Crippen LogP contribution in [0, 0.1) is 0 Å². The van der Waals surface area contributed by atoms with Crippen molar-refractivity contribution in [2.45, 2.75) is 10.1 Å². The second-order valence-corrected chi connectivity index (χ2v) is 7.09. The lowest BCUT2D eigenvalue weighted by atomic mass is 10.2. The zero-order valence-corrected chi connectivity index (χ0v) is 14.2. The molecular formula is C15H11ClN4OS2. The highest BCUT2D eigenvalue weighted by molar-refractivity contribution is 8.00. The first-order valence-corrected chi connectivity index (χ1v) is 8.82. The van der Waals surface area contributed by atoms with Crippen LogP contribution in [0.25, 0.3) is 0 Å². The molecule has 116 valence electrons. The van der Waals surface area contributed by atoms with Gasteiger partial charge in [0.25, 0.3) is 5.91 Å². The maximum atomic E-state index is 12.0. The molecule has 1 amide bonds. The van der Waals surface area contributed by atoms with E-state index < -0.39 is 0 Å². The normalized spacial score (nSPS) is 10.5. The van der Waals surface area contributed by atoms with Gasteiger partial charge in [0.05, 0.1) is 0 Å². The predicted molar refractivity (Wildman–Crippen MR) is 93.1 cm³/mol. The Morgan fingerprint density at radius 2 is 2.00 bits per heavy atom. The maximum Gasteiger partial charge on any atom is 0.276 e. The van der Waals surface area contributed by atoms with Crippen LogP contribution in [-0.2, 0) is 5.75 Å². The number of nitrogens with one attached hydrogen (secondary N) is 1. The van der Waals surface area contributed by atoms with Crippen LogP contribution in [0.2, 0.25) is 5.02 Å². The van der Waals surface area contributed by atoms with Crippen molar-refractivity contribution in [1.82, 2.24) is 15.2 Å². The Morgan fingerprint density at radius 1 is 1.17 bits per heavy atom. The van der Waals surface area contributed by atoms with E-state index in [1.54, 1.807) is 36.2 Å². The summed E-state index contributed by atoms with van der Waals surface area (Å²) < 4.78 is 0.788. The number of nitrogens with zero attached hydrogens (tertiary/aromatic N) is 3. The predicted octanol–water partition coefficient (Wildman–Crippen LogP) is 4.13. The lowest BCUT2D eigenvalue weighted by molar-refractivity contribution is 0.102. The van der Waals surface area contributed by atoms with Gasteiger partial charge in [0, 0.05) is 17.0 Å². The van der Waals surface area contributed by atoms with E-state index in [0.29, 0.717) is 15.8 Å². The topological polar surface area (TPSA) is 67.8 Å². The monoisotopic (exact) mass is 362 g/mol. The van der Waals surface area contributed by atoms with Crippen LogP contribution in [0.1, 0.15) is 16.1 Å². The van der Waals surface area contributed by atoms with E-state index in [4.69, 9.17) is 11.6 Å². The second-order valence-electron chi connectivity index (χ2n) is 4.46. The summed E-state index contributed by atoms with van der Waals surface area (Å²) >= 11 is 8.75. The number of carbonyl (C=O) groups is 1. The molecule has 0 radical (unpaired) electrons. The van der Waals surface area contributed by atoms with E-state index in [1.807, 2.05) is 24.3 Å². The van der Waals surface area contributed by atoms with E-state index in [0.717, 1.165) is 15.7 Å². The minimum absolute atomic E-state index is 0.295. The number of amides is 1. The summed E-state index contributed by atoms with van der Waals surface area (Å²) in [5.74, 6) is 0.469. The molecule has 8 heteroatoms. The number of hydrogen-bond acceptors (Lipinski definition) is 6. The summed E-state index contributed by atoms with van der Waals surface area (Å²) in [4.78, 5) is 16.0. The van der Waals surface area contributed by atoms with Crippen LogP contribution in [0.4, 0.5) is 5.13 Å². The quantitative estimate of drug-likeness (QED) is 0.546. The number of halogens is 1. The van der Waals surface area contributed by atoms with E-state index in [2.05, 4.69) is 20.5 Å². The van der Waals surface area contributed by atoms with Gasteiger partial charge >= 0.3 is 0 Å². The third-order valence-electron chi connectivity index (χ3n) is 2.80. The lowest BCUT2D eigenvalue weighted by Crippen LogP contribution is -2.13. The van der Waals surface area contributed by atoms with Crippen LogP contribution in [0.3, 0.4) is 0 Å². The Bertz CT molecular complexity index is 793. The largest absolute Gasteiger partial charge is 0.295 e. The van der Waals surface area contributed by atoms with Gasteiger partial charge in [0.15, 0.2) is 4.34 Å². The zero-order chi connectivity index (χ0) is 16.1. The van der Waals surface area contributed by atoms with Crippen molar-refractivity contribution in [1.29, 1.82) is 0 Å². The third-order valence-corrected chi connectivity index (χ3v) is 5.10. The first-order chi connectivity index (χ1) is 11.2. The molecule has 0 saturated heterocycles. The van der Waals surface area contributed by atoms with E-state index >= 15 is 0 Å². The molecule has 3 aromatic rings. The number of rotatable bonds is 5. The number of anilines is 1. The first-order valence-electron chi connectivity index (χ1n) is 6.64. The van der Waals surface area contributed by atoms with Gasteiger partial charge in [-0.05, 0) is 29.8 Å². The molecule has 3 rings (SSSR count). The standard InChI is InChI=1S/C15H11ClN4OS2/c16-11-6-4-10(5-7-11)9-22-15-20-19-14(23-15)18-13(21)12-3-1-2-8-17-12/h1-8H,9H2,(H,18,19,21). The molecule has 0 fully saturated rings. The molecule has 0 spiro atoms. The fraction of sp³-hybridized carbons (Fsp3) is 0.0667. The minimum atomic E-state index is -0.295. The molecule has 0 bridgehead atoms. The van der Waals surface area contributed by atoms with Gasteiger partial charge in [-0.25, -0.2) is 0 Å². The van der Waals surface area contributed by atoms with Gasteiger partial charge in [0.1, 0.15) is 5.69 Å². The SMILES string of the molecule is O=C(Nc1nnc(SCc2ccc(Cl)cc2)s1)c1ccccn1. The molecule has 0 unspecified atom stereocenters. The number of benzene rings is 1. The number of pyridine rings is 1. The lowest BCUT2D eigenvalue weighted by Gasteiger charge is -1.99. The molecule has 23 heavy (non-hydrogen) atoms. The Hall–Kier alpha value is -1.96. The summed E-state index contributed by atoms with van der Waals surface area (Å²) in [5.41, 5.74) is 1.49. The van der Waals surface area contributed by atoms with Gasteiger partial charge in [-0.15, -0.1) is 10.2 Å². The molecule has 1 N–H and O–H groups in total. The van der Waals surface area contributed by atoms with E-state index in [9.17, 15) is 4.79 Å². The van der Waals surface area contributed by atoms with Crippen molar-refractivity contribution in [2.75, 3.05) is 5.32 Å². The summed E-state index contributed by atoms with van der Waals surface area (Å²) in [6.07, 6.45) is 1.57. The molecule has 0 aliphatic rings.